The fourth-order valence-electron chi connectivity index (χ4n) is 2.13. The first kappa shape index (κ1) is 15.4. The lowest BCUT2D eigenvalue weighted by molar-refractivity contribution is 0.102. The fraction of sp³-hybridized carbons (Fsp3) is 0.294. The largest absolute Gasteiger partial charge is 0.352 e. The third-order valence-corrected chi connectivity index (χ3v) is 3.68. The minimum atomic E-state index is -0.185. The van der Waals surface area contributed by atoms with E-state index in [1.54, 1.807) is 18.3 Å². The van der Waals surface area contributed by atoms with Gasteiger partial charge in [0.25, 0.3) is 5.91 Å². The van der Waals surface area contributed by atoms with Crippen LogP contribution >= 0.6 is 12.2 Å². The SMILES string of the molecule is CCCCCc1ccc(NC(=O)c2ccc[nH]c2=S)cc1. The molecule has 0 fully saturated rings. The van der Waals surface area contributed by atoms with Gasteiger partial charge in [-0.1, -0.05) is 44.1 Å². The van der Waals surface area contributed by atoms with Crippen molar-refractivity contribution in [2.24, 2.45) is 0 Å². The molecule has 0 aliphatic carbocycles. The maximum absolute atomic E-state index is 12.1. The lowest BCUT2D eigenvalue weighted by Crippen LogP contribution is -2.12. The molecule has 2 N–H and O–H groups in total. The van der Waals surface area contributed by atoms with Crippen LogP contribution in [0.3, 0.4) is 0 Å². The number of amides is 1. The van der Waals surface area contributed by atoms with E-state index in [9.17, 15) is 4.79 Å². The number of aromatic nitrogens is 1. The number of H-pyrrole nitrogens is 1. The second-order valence-electron chi connectivity index (χ2n) is 5.02. The third kappa shape index (κ3) is 4.53. The fourth-order valence-corrected chi connectivity index (χ4v) is 2.36. The Labute approximate surface area is 130 Å². The predicted molar refractivity (Wildman–Crippen MR) is 89.3 cm³/mol. The van der Waals surface area contributed by atoms with Gasteiger partial charge in [0.2, 0.25) is 0 Å². The third-order valence-electron chi connectivity index (χ3n) is 3.34. The minimum absolute atomic E-state index is 0.185. The summed E-state index contributed by atoms with van der Waals surface area (Å²) in [7, 11) is 0. The smallest absolute Gasteiger partial charge is 0.258 e. The summed E-state index contributed by atoms with van der Waals surface area (Å²) in [4.78, 5) is 15.0. The Morgan fingerprint density at radius 3 is 2.62 bits per heavy atom. The lowest BCUT2D eigenvalue weighted by Gasteiger charge is -2.07. The summed E-state index contributed by atoms with van der Waals surface area (Å²) in [6.45, 7) is 2.20. The van der Waals surface area contributed by atoms with Crippen molar-refractivity contribution in [2.45, 2.75) is 32.6 Å². The number of pyridine rings is 1. The van der Waals surface area contributed by atoms with Gasteiger partial charge in [0.05, 0.1) is 5.56 Å². The molecule has 2 rings (SSSR count). The average molecular weight is 300 g/mol. The Balaban J connectivity index is 1.99. The highest BCUT2D eigenvalue weighted by molar-refractivity contribution is 7.71. The molecule has 4 heteroatoms. The van der Waals surface area contributed by atoms with Crippen LogP contribution in [0.4, 0.5) is 5.69 Å². The van der Waals surface area contributed by atoms with Crippen LogP contribution in [0.2, 0.25) is 0 Å². The highest BCUT2D eigenvalue weighted by Crippen LogP contribution is 2.13. The van der Waals surface area contributed by atoms with Gasteiger partial charge < -0.3 is 10.3 Å². The maximum atomic E-state index is 12.1. The second-order valence-corrected chi connectivity index (χ2v) is 5.43. The van der Waals surface area contributed by atoms with Crippen LogP contribution in [0.5, 0.6) is 0 Å². The Morgan fingerprint density at radius 2 is 1.95 bits per heavy atom. The molecule has 0 bridgehead atoms. The number of benzene rings is 1. The van der Waals surface area contributed by atoms with Gasteiger partial charge in [-0.2, -0.15) is 0 Å². The van der Waals surface area contributed by atoms with Crippen molar-refractivity contribution in [1.82, 2.24) is 4.98 Å². The van der Waals surface area contributed by atoms with Crippen LogP contribution in [0.1, 0.15) is 42.1 Å². The molecule has 2 aromatic rings. The van der Waals surface area contributed by atoms with Crippen molar-refractivity contribution in [3.63, 3.8) is 0 Å². The molecule has 0 aliphatic heterocycles. The Hall–Kier alpha value is -1.94. The van der Waals surface area contributed by atoms with E-state index in [1.807, 2.05) is 12.1 Å². The van der Waals surface area contributed by atoms with Crippen LogP contribution in [0, 0.1) is 4.64 Å². The number of nitrogens with one attached hydrogen (secondary N) is 2. The number of aryl methyl sites for hydroxylation is 1. The first-order valence-corrected chi connectivity index (χ1v) is 7.69. The molecule has 0 atom stereocenters. The van der Waals surface area contributed by atoms with Crippen molar-refractivity contribution in [3.8, 4) is 0 Å². The summed E-state index contributed by atoms with van der Waals surface area (Å²) in [5, 5.41) is 2.87. The first-order chi connectivity index (χ1) is 10.2. The molecule has 1 aromatic heterocycles. The van der Waals surface area contributed by atoms with E-state index in [2.05, 4.69) is 29.4 Å². The van der Waals surface area contributed by atoms with E-state index in [1.165, 1.54) is 24.8 Å². The van der Waals surface area contributed by atoms with Gasteiger partial charge in [0.1, 0.15) is 4.64 Å². The molecule has 0 saturated heterocycles. The van der Waals surface area contributed by atoms with E-state index in [-0.39, 0.29) is 5.91 Å². The summed E-state index contributed by atoms with van der Waals surface area (Å²) < 4.78 is 0.450. The Bertz CT molecular complexity index is 646. The Morgan fingerprint density at radius 1 is 1.19 bits per heavy atom. The van der Waals surface area contributed by atoms with E-state index >= 15 is 0 Å². The van der Waals surface area contributed by atoms with Gasteiger partial charge >= 0.3 is 0 Å². The highest BCUT2D eigenvalue weighted by atomic mass is 32.1. The van der Waals surface area contributed by atoms with Gasteiger partial charge in [-0.25, -0.2) is 0 Å². The number of hydrogen-bond donors (Lipinski definition) is 2. The van der Waals surface area contributed by atoms with Crippen molar-refractivity contribution in [1.29, 1.82) is 0 Å². The van der Waals surface area contributed by atoms with Gasteiger partial charge in [0.15, 0.2) is 0 Å². The summed E-state index contributed by atoms with van der Waals surface area (Å²) >= 11 is 5.11. The number of carbonyl (C=O) groups excluding carboxylic acids is 1. The van der Waals surface area contributed by atoms with Gasteiger partial charge in [0, 0.05) is 11.9 Å². The zero-order valence-corrected chi connectivity index (χ0v) is 13.0. The van der Waals surface area contributed by atoms with Crippen LogP contribution in [-0.4, -0.2) is 10.9 Å². The first-order valence-electron chi connectivity index (χ1n) is 7.28. The molecule has 1 aromatic carbocycles. The molecule has 21 heavy (non-hydrogen) atoms. The van der Waals surface area contributed by atoms with Gasteiger partial charge in [-0.15, -0.1) is 0 Å². The number of rotatable bonds is 6. The van der Waals surface area contributed by atoms with Crippen molar-refractivity contribution in [3.05, 3.63) is 58.4 Å². The van der Waals surface area contributed by atoms with Crippen molar-refractivity contribution >= 4 is 23.8 Å². The Kier molecular flexibility index (Phi) is 5.69. The lowest BCUT2D eigenvalue weighted by atomic mass is 10.1. The van der Waals surface area contributed by atoms with Crippen LogP contribution in [-0.2, 0) is 6.42 Å². The molecule has 0 aliphatic rings. The molecule has 0 spiro atoms. The van der Waals surface area contributed by atoms with Crippen LogP contribution < -0.4 is 5.32 Å². The standard InChI is InChI=1S/C17H20N2OS/c1-2-3-4-6-13-8-10-14(11-9-13)19-16(20)15-7-5-12-18-17(15)21/h5,7-12H,2-4,6H2,1H3,(H,18,21)(H,19,20). The molecule has 1 amide bonds. The average Bonchev–Trinajstić information content (AvgIpc) is 2.49. The van der Waals surface area contributed by atoms with Crippen LogP contribution in [0.25, 0.3) is 0 Å². The van der Waals surface area contributed by atoms with E-state index in [4.69, 9.17) is 12.2 Å². The highest BCUT2D eigenvalue weighted by Gasteiger charge is 2.07. The van der Waals surface area contributed by atoms with Crippen LogP contribution in [0.15, 0.2) is 42.6 Å². The summed E-state index contributed by atoms with van der Waals surface area (Å²) in [5.74, 6) is -0.185. The molecule has 0 radical (unpaired) electrons. The quantitative estimate of drug-likeness (QED) is 0.598. The molecule has 3 nitrogen and oxygen atoms in total. The molecular weight excluding hydrogens is 280 g/mol. The van der Waals surface area contributed by atoms with Crippen molar-refractivity contribution in [2.75, 3.05) is 5.32 Å². The van der Waals surface area contributed by atoms with Crippen molar-refractivity contribution < 1.29 is 4.79 Å². The number of carbonyl (C=O) groups is 1. The number of aromatic amines is 1. The topological polar surface area (TPSA) is 44.9 Å². The van der Waals surface area contributed by atoms with E-state index in [0.29, 0.717) is 10.2 Å². The number of hydrogen-bond acceptors (Lipinski definition) is 2. The molecule has 0 unspecified atom stereocenters. The summed E-state index contributed by atoms with van der Waals surface area (Å²) in [5.41, 5.74) is 2.58. The molecule has 0 saturated carbocycles. The molecule has 110 valence electrons. The molecule has 1 heterocycles. The normalized spacial score (nSPS) is 10.3. The zero-order valence-electron chi connectivity index (χ0n) is 12.2. The monoisotopic (exact) mass is 300 g/mol. The van der Waals surface area contributed by atoms with Gasteiger partial charge in [-0.05, 0) is 42.7 Å². The maximum Gasteiger partial charge on any atom is 0.258 e. The molecular formula is C17H20N2OS. The summed E-state index contributed by atoms with van der Waals surface area (Å²) in [6, 6.07) is 11.5. The summed E-state index contributed by atoms with van der Waals surface area (Å²) in [6.07, 6.45) is 6.49. The van der Waals surface area contributed by atoms with Gasteiger partial charge in [-0.3, -0.25) is 4.79 Å². The van der Waals surface area contributed by atoms with E-state index < -0.39 is 0 Å². The number of anilines is 1. The predicted octanol–water partition coefficient (Wildman–Crippen LogP) is 4.73. The second kappa shape index (κ2) is 7.74. The zero-order chi connectivity index (χ0) is 15.1. The minimum Gasteiger partial charge on any atom is -0.352 e. The number of unbranched alkanes of at least 4 members (excludes halogenated alkanes) is 2. The van der Waals surface area contributed by atoms with E-state index in [0.717, 1.165) is 12.1 Å².